The van der Waals surface area contributed by atoms with Crippen LogP contribution in [0.5, 0.6) is 11.5 Å². The van der Waals surface area contributed by atoms with E-state index in [2.05, 4.69) is 32.2 Å². The van der Waals surface area contributed by atoms with Crippen LogP contribution in [0.4, 0.5) is 0 Å². The minimum Gasteiger partial charge on any atom is -0.454 e. The van der Waals surface area contributed by atoms with Crippen molar-refractivity contribution < 1.29 is 14.3 Å². The fraction of sp³-hybridized carbons (Fsp3) is 0.500. The van der Waals surface area contributed by atoms with E-state index in [1.807, 2.05) is 18.4 Å². The third-order valence-corrected chi connectivity index (χ3v) is 5.82. The summed E-state index contributed by atoms with van der Waals surface area (Å²) >= 11 is 1.57. The molecule has 2 aromatic rings. The van der Waals surface area contributed by atoms with Crippen LogP contribution in [0, 0.1) is 0 Å². The van der Waals surface area contributed by atoms with Crippen LogP contribution in [0.1, 0.15) is 34.4 Å². The molecule has 1 saturated heterocycles. The summed E-state index contributed by atoms with van der Waals surface area (Å²) in [6.45, 7) is 8.82. The molecule has 0 saturated carbocycles. The number of nitrogens with one attached hydrogen (secondary N) is 1. The van der Waals surface area contributed by atoms with E-state index < -0.39 is 0 Å². The van der Waals surface area contributed by atoms with E-state index in [4.69, 9.17) is 9.47 Å². The topological polar surface area (TPSA) is 66.9 Å². The number of hydrogen-bond acceptors (Lipinski definition) is 7. The first-order chi connectivity index (χ1) is 13.7. The van der Waals surface area contributed by atoms with Crippen LogP contribution in [-0.2, 0) is 13.1 Å². The number of nitrogens with zero attached hydrogens (tertiary/aromatic N) is 3. The van der Waals surface area contributed by atoms with E-state index in [1.165, 1.54) is 5.56 Å². The number of hydrogen-bond donors (Lipinski definition) is 1. The van der Waals surface area contributed by atoms with Crippen molar-refractivity contribution in [1.29, 1.82) is 0 Å². The average Bonchev–Trinajstić information content (AvgIpc) is 3.37. The van der Waals surface area contributed by atoms with Gasteiger partial charge in [0.05, 0.1) is 6.54 Å². The molecule has 1 aromatic heterocycles. The van der Waals surface area contributed by atoms with Crippen LogP contribution < -0.4 is 14.8 Å². The third-order valence-electron chi connectivity index (χ3n) is 4.99. The number of benzene rings is 1. The summed E-state index contributed by atoms with van der Waals surface area (Å²) in [5.41, 5.74) is 1.79. The van der Waals surface area contributed by atoms with Gasteiger partial charge in [0.25, 0.3) is 5.91 Å². The zero-order valence-corrected chi connectivity index (χ0v) is 17.0. The van der Waals surface area contributed by atoms with Gasteiger partial charge in [-0.15, -0.1) is 11.3 Å². The lowest BCUT2D eigenvalue weighted by molar-refractivity contribution is 0.0948. The summed E-state index contributed by atoms with van der Waals surface area (Å²) in [5, 5.41) is 5.74. The van der Waals surface area contributed by atoms with Crippen molar-refractivity contribution >= 4 is 17.2 Å². The lowest BCUT2D eigenvalue weighted by atomic mass is 10.1. The van der Waals surface area contributed by atoms with Crippen LogP contribution in [0.3, 0.4) is 0 Å². The quantitative estimate of drug-likeness (QED) is 0.767. The number of piperazine rings is 1. The van der Waals surface area contributed by atoms with Crippen molar-refractivity contribution in [2.24, 2.45) is 0 Å². The van der Waals surface area contributed by atoms with E-state index in [1.54, 1.807) is 11.3 Å². The first kappa shape index (κ1) is 19.2. The number of rotatable bonds is 7. The molecule has 1 amide bonds. The lowest BCUT2D eigenvalue weighted by Gasteiger charge is -2.34. The molecule has 2 aliphatic rings. The molecule has 0 bridgehead atoms. The van der Waals surface area contributed by atoms with E-state index >= 15 is 0 Å². The number of aromatic nitrogens is 1. The average molecular weight is 403 g/mol. The maximum atomic E-state index is 12.0. The minimum atomic E-state index is -0.0714. The fourth-order valence-corrected chi connectivity index (χ4v) is 4.23. The predicted molar refractivity (Wildman–Crippen MR) is 108 cm³/mol. The molecule has 1 N–H and O–H groups in total. The first-order valence-electron chi connectivity index (χ1n) is 9.77. The van der Waals surface area contributed by atoms with E-state index in [-0.39, 0.29) is 5.91 Å². The molecule has 1 aromatic carbocycles. The van der Waals surface area contributed by atoms with Crippen molar-refractivity contribution in [1.82, 2.24) is 20.1 Å². The summed E-state index contributed by atoms with van der Waals surface area (Å²) in [4.78, 5) is 21.4. The molecule has 0 aliphatic carbocycles. The summed E-state index contributed by atoms with van der Waals surface area (Å²) in [6, 6.07) is 6.18. The molecular formula is C20H26N4O3S. The molecule has 3 heterocycles. The van der Waals surface area contributed by atoms with Gasteiger partial charge < -0.3 is 14.8 Å². The van der Waals surface area contributed by atoms with Gasteiger partial charge in [-0.3, -0.25) is 14.6 Å². The standard InChI is InChI=1S/C20H26N4O3S/c1-2-5-21-20(25)16-13-28-19(22-16)12-24-8-6-23(7-9-24)11-15-3-4-17-18(10-15)27-14-26-17/h3-4,10,13H,2,5-9,11-12,14H2,1H3,(H,21,25). The Hall–Kier alpha value is -2.16. The number of carbonyl (C=O) groups is 1. The van der Waals surface area contributed by atoms with Crippen LogP contribution in [0.15, 0.2) is 23.6 Å². The second kappa shape index (κ2) is 8.89. The number of thiazole rings is 1. The van der Waals surface area contributed by atoms with Crippen molar-refractivity contribution in [3.05, 3.63) is 39.8 Å². The van der Waals surface area contributed by atoms with Crippen molar-refractivity contribution in [2.75, 3.05) is 39.5 Å². The van der Waals surface area contributed by atoms with Gasteiger partial charge in [0.15, 0.2) is 11.5 Å². The van der Waals surface area contributed by atoms with Gasteiger partial charge in [-0.25, -0.2) is 4.98 Å². The lowest BCUT2D eigenvalue weighted by Crippen LogP contribution is -2.45. The second-order valence-corrected chi connectivity index (χ2v) is 8.06. The molecule has 7 nitrogen and oxygen atoms in total. The summed E-state index contributed by atoms with van der Waals surface area (Å²) in [6.07, 6.45) is 0.930. The van der Waals surface area contributed by atoms with Gasteiger partial charge in [-0.2, -0.15) is 0 Å². The zero-order valence-electron chi connectivity index (χ0n) is 16.1. The number of fused-ring (bicyclic) bond motifs is 1. The van der Waals surface area contributed by atoms with Gasteiger partial charge in [0.1, 0.15) is 10.7 Å². The minimum absolute atomic E-state index is 0.0714. The van der Waals surface area contributed by atoms with Crippen molar-refractivity contribution in [2.45, 2.75) is 26.4 Å². The molecule has 0 unspecified atom stereocenters. The molecular weight excluding hydrogens is 376 g/mol. The van der Waals surface area contributed by atoms with Gasteiger partial charge in [0.2, 0.25) is 6.79 Å². The van der Waals surface area contributed by atoms with Crippen LogP contribution in [0.25, 0.3) is 0 Å². The van der Waals surface area contributed by atoms with E-state index in [0.29, 0.717) is 19.0 Å². The largest absolute Gasteiger partial charge is 0.454 e. The van der Waals surface area contributed by atoms with Crippen molar-refractivity contribution in [3.63, 3.8) is 0 Å². The van der Waals surface area contributed by atoms with Gasteiger partial charge >= 0.3 is 0 Å². The Morgan fingerprint density at radius 1 is 1.14 bits per heavy atom. The van der Waals surface area contributed by atoms with E-state index in [0.717, 1.165) is 62.2 Å². The third kappa shape index (κ3) is 4.63. The zero-order chi connectivity index (χ0) is 19.3. The van der Waals surface area contributed by atoms with Gasteiger partial charge in [-0.1, -0.05) is 13.0 Å². The van der Waals surface area contributed by atoms with Gasteiger partial charge in [-0.05, 0) is 24.1 Å². The summed E-state index contributed by atoms with van der Waals surface area (Å²) in [7, 11) is 0. The Morgan fingerprint density at radius 3 is 2.68 bits per heavy atom. The Balaban J connectivity index is 1.24. The number of carbonyl (C=O) groups excluding carboxylic acids is 1. The predicted octanol–water partition coefficient (Wildman–Crippen LogP) is 2.33. The highest BCUT2D eigenvalue weighted by molar-refractivity contribution is 7.09. The Kier molecular flexibility index (Phi) is 6.09. The number of amides is 1. The maximum absolute atomic E-state index is 12.0. The Bertz CT molecular complexity index is 818. The number of ether oxygens (including phenoxy) is 2. The van der Waals surface area contributed by atoms with Gasteiger partial charge in [0, 0.05) is 44.6 Å². The highest BCUT2D eigenvalue weighted by atomic mass is 32.1. The van der Waals surface area contributed by atoms with Crippen LogP contribution in [-0.4, -0.2) is 60.2 Å². The molecule has 28 heavy (non-hydrogen) atoms. The normalized spacial score (nSPS) is 17.0. The molecule has 0 spiro atoms. The van der Waals surface area contributed by atoms with E-state index in [9.17, 15) is 4.79 Å². The summed E-state index contributed by atoms with van der Waals surface area (Å²) in [5.74, 6) is 1.61. The molecule has 0 radical (unpaired) electrons. The molecule has 0 atom stereocenters. The molecule has 2 aliphatic heterocycles. The second-order valence-electron chi connectivity index (χ2n) is 7.12. The first-order valence-corrected chi connectivity index (χ1v) is 10.6. The van der Waals surface area contributed by atoms with Crippen LogP contribution in [0.2, 0.25) is 0 Å². The maximum Gasteiger partial charge on any atom is 0.270 e. The molecule has 1 fully saturated rings. The Labute approximate surface area is 169 Å². The monoisotopic (exact) mass is 402 g/mol. The van der Waals surface area contributed by atoms with Crippen LogP contribution >= 0.6 is 11.3 Å². The highest BCUT2D eigenvalue weighted by Crippen LogP contribution is 2.32. The molecule has 8 heteroatoms. The van der Waals surface area contributed by atoms with Crippen molar-refractivity contribution in [3.8, 4) is 11.5 Å². The molecule has 150 valence electrons. The fourth-order valence-electron chi connectivity index (χ4n) is 3.41. The molecule has 4 rings (SSSR count). The smallest absolute Gasteiger partial charge is 0.270 e. The SMILES string of the molecule is CCCNC(=O)c1csc(CN2CCN(Cc3ccc4c(c3)OCO4)CC2)n1. The Morgan fingerprint density at radius 2 is 1.89 bits per heavy atom. The highest BCUT2D eigenvalue weighted by Gasteiger charge is 2.20. The summed E-state index contributed by atoms with van der Waals surface area (Å²) < 4.78 is 10.8.